The van der Waals surface area contributed by atoms with Gasteiger partial charge in [0.05, 0.1) is 29.7 Å². The highest BCUT2D eigenvalue weighted by Crippen LogP contribution is 2.36. The summed E-state index contributed by atoms with van der Waals surface area (Å²) >= 11 is 0. The Morgan fingerprint density at radius 3 is 2.78 bits per heavy atom. The second-order valence-electron chi connectivity index (χ2n) is 8.18. The fourth-order valence-electron chi connectivity index (χ4n) is 4.29. The van der Waals surface area contributed by atoms with E-state index < -0.39 is 11.3 Å². The number of hydrogen-bond donors (Lipinski definition) is 1. The molecule has 32 heavy (non-hydrogen) atoms. The lowest BCUT2D eigenvalue weighted by Gasteiger charge is -2.29. The maximum atomic E-state index is 11.6. The quantitative estimate of drug-likeness (QED) is 0.531. The number of nitrogens with two attached hydrogens (primary N) is 1. The van der Waals surface area contributed by atoms with E-state index in [1.54, 1.807) is 12.3 Å². The number of fused-ring (bicyclic) bond motifs is 1. The average Bonchev–Trinajstić information content (AvgIpc) is 3.24. The molecule has 4 aromatic rings. The Morgan fingerprint density at radius 2 is 1.94 bits per heavy atom. The molecule has 6 nitrogen and oxygen atoms in total. The molecule has 0 spiro atoms. The van der Waals surface area contributed by atoms with Crippen molar-refractivity contribution in [1.82, 2.24) is 15.0 Å². The first kappa shape index (κ1) is 19.9. The predicted molar refractivity (Wildman–Crippen MR) is 125 cm³/mol. The highest BCUT2D eigenvalue weighted by atomic mass is 16.1. The molecule has 1 atom stereocenters. The monoisotopic (exact) mass is 421 g/mol. The van der Waals surface area contributed by atoms with E-state index >= 15 is 0 Å². The number of aryl methyl sites for hydroxylation is 1. The van der Waals surface area contributed by atoms with Gasteiger partial charge in [-0.25, -0.2) is 0 Å². The van der Waals surface area contributed by atoms with Crippen molar-refractivity contribution < 1.29 is 4.79 Å². The van der Waals surface area contributed by atoms with Crippen LogP contribution in [0.15, 0.2) is 84.1 Å². The number of nitrogens with zero attached hydrogens (tertiary/aromatic N) is 4. The van der Waals surface area contributed by atoms with Gasteiger partial charge in [0.2, 0.25) is 5.91 Å². The molecule has 2 N–H and O–H groups in total. The third kappa shape index (κ3) is 3.60. The van der Waals surface area contributed by atoms with Gasteiger partial charge in [0.25, 0.3) is 0 Å². The molecule has 1 amide bonds. The van der Waals surface area contributed by atoms with Gasteiger partial charge < -0.3 is 5.73 Å². The summed E-state index contributed by atoms with van der Waals surface area (Å²) in [4.78, 5) is 20.9. The Bertz CT molecular complexity index is 1350. The molecule has 2 aromatic heterocycles. The van der Waals surface area contributed by atoms with Gasteiger partial charge in [-0.3, -0.25) is 19.8 Å². The van der Waals surface area contributed by atoms with Crippen LogP contribution < -0.4 is 5.73 Å². The Labute approximate surface area is 186 Å². The SMILES string of the molecule is Cc1cccc(C2(c3ccc4ncccc4c3)C=NN(Cc3cccc(C(N)=O)c3)C2)n1. The fraction of sp³-hybridized carbons (Fsp3) is 0.154. The Morgan fingerprint density at radius 1 is 1.06 bits per heavy atom. The van der Waals surface area contributed by atoms with E-state index in [1.165, 1.54) is 0 Å². The molecular weight excluding hydrogens is 398 g/mol. The summed E-state index contributed by atoms with van der Waals surface area (Å²) in [6, 6.07) is 23.8. The molecule has 158 valence electrons. The molecule has 0 fully saturated rings. The second-order valence-corrected chi connectivity index (χ2v) is 8.18. The zero-order chi connectivity index (χ0) is 22.1. The molecule has 0 saturated heterocycles. The highest BCUT2D eigenvalue weighted by Gasteiger charge is 2.40. The van der Waals surface area contributed by atoms with Crippen molar-refractivity contribution in [3.05, 3.63) is 107 Å². The lowest BCUT2D eigenvalue weighted by molar-refractivity contribution is 0.1000. The minimum Gasteiger partial charge on any atom is -0.366 e. The Hall–Kier alpha value is -4.06. The van der Waals surface area contributed by atoms with Crippen LogP contribution >= 0.6 is 0 Å². The smallest absolute Gasteiger partial charge is 0.248 e. The van der Waals surface area contributed by atoms with Gasteiger partial charge >= 0.3 is 0 Å². The van der Waals surface area contributed by atoms with Gasteiger partial charge in [-0.15, -0.1) is 0 Å². The zero-order valence-electron chi connectivity index (χ0n) is 17.8. The van der Waals surface area contributed by atoms with Crippen LogP contribution in [-0.2, 0) is 12.0 Å². The first-order chi connectivity index (χ1) is 15.5. The van der Waals surface area contributed by atoms with E-state index in [1.807, 2.05) is 54.5 Å². The molecule has 3 heterocycles. The van der Waals surface area contributed by atoms with Crippen LogP contribution in [-0.4, -0.2) is 33.6 Å². The average molecular weight is 422 g/mol. The molecule has 1 aliphatic rings. The van der Waals surface area contributed by atoms with Crippen LogP contribution in [0.25, 0.3) is 10.9 Å². The van der Waals surface area contributed by atoms with E-state index in [9.17, 15) is 4.79 Å². The largest absolute Gasteiger partial charge is 0.366 e. The number of primary amides is 1. The standard InChI is InChI=1S/C26H23N5O/c1-18-5-2-9-24(30-18)26(22-10-11-23-20(14-22)8-4-12-28-23)16-29-31(17-26)15-19-6-3-7-21(13-19)25(27)32/h2-14,16H,15,17H2,1H3,(H2,27,32). The number of aromatic nitrogens is 2. The van der Waals surface area contributed by atoms with E-state index in [4.69, 9.17) is 15.8 Å². The Kier molecular flexibility index (Phi) is 4.90. The molecule has 6 heteroatoms. The van der Waals surface area contributed by atoms with E-state index in [0.29, 0.717) is 18.7 Å². The number of carbonyl (C=O) groups is 1. The van der Waals surface area contributed by atoms with E-state index in [2.05, 4.69) is 35.3 Å². The number of pyridine rings is 2. The van der Waals surface area contributed by atoms with Crippen molar-refractivity contribution in [2.75, 3.05) is 6.54 Å². The lowest BCUT2D eigenvalue weighted by Crippen LogP contribution is -2.36. The van der Waals surface area contributed by atoms with Crippen LogP contribution in [0.3, 0.4) is 0 Å². The number of benzene rings is 2. The van der Waals surface area contributed by atoms with Gasteiger partial charge in [0.15, 0.2) is 0 Å². The van der Waals surface area contributed by atoms with Crippen LogP contribution in [0.5, 0.6) is 0 Å². The highest BCUT2D eigenvalue weighted by molar-refractivity contribution is 5.92. The van der Waals surface area contributed by atoms with Crippen molar-refractivity contribution in [3.63, 3.8) is 0 Å². The minimum absolute atomic E-state index is 0.431. The molecule has 2 aromatic carbocycles. The van der Waals surface area contributed by atoms with Crippen LogP contribution in [0, 0.1) is 6.92 Å². The van der Waals surface area contributed by atoms with E-state index in [0.717, 1.165) is 33.4 Å². The summed E-state index contributed by atoms with van der Waals surface area (Å²) in [5.74, 6) is -0.431. The Balaban J connectivity index is 1.54. The van der Waals surface area contributed by atoms with Gasteiger partial charge in [0, 0.05) is 29.1 Å². The maximum Gasteiger partial charge on any atom is 0.248 e. The minimum atomic E-state index is -0.489. The fourth-order valence-corrected chi connectivity index (χ4v) is 4.29. The van der Waals surface area contributed by atoms with Crippen molar-refractivity contribution in [1.29, 1.82) is 0 Å². The van der Waals surface area contributed by atoms with Gasteiger partial charge in [-0.1, -0.05) is 30.3 Å². The maximum absolute atomic E-state index is 11.6. The zero-order valence-corrected chi connectivity index (χ0v) is 17.8. The van der Waals surface area contributed by atoms with Gasteiger partial charge in [-0.2, -0.15) is 5.10 Å². The van der Waals surface area contributed by atoms with Gasteiger partial charge in [-0.05, 0) is 60.5 Å². The third-order valence-electron chi connectivity index (χ3n) is 5.91. The van der Waals surface area contributed by atoms with Crippen LogP contribution in [0.4, 0.5) is 0 Å². The van der Waals surface area contributed by atoms with Crippen molar-refractivity contribution in [3.8, 4) is 0 Å². The summed E-state index contributed by atoms with van der Waals surface area (Å²) in [7, 11) is 0. The van der Waals surface area contributed by atoms with Crippen LogP contribution in [0.1, 0.15) is 32.9 Å². The number of hydrazone groups is 1. The second kappa shape index (κ2) is 7.89. The first-order valence-electron chi connectivity index (χ1n) is 10.5. The number of rotatable bonds is 5. The molecule has 0 saturated carbocycles. The lowest BCUT2D eigenvalue weighted by atomic mass is 9.78. The summed E-state index contributed by atoms with van der Waals surface area (Å²) in [6.07, 6.45) is 3.79. The molecule has 5 rings (SSSR count). The molecule has 1 unspecified atom stereocenters. The molecule has 0 radical (unpaired) electrons. The number of carbonyl (C=O) groups excluding carboxylic acids is 1. The van der Waals surface area contributed by atoms with Crippen molar-refractivity contribution in [2.24, 2.45) is 10.8 Å². The normalized spacial score (nSPS) is 17.7. The molecular formula is C26H23N5O. The first-order valence-corrected chi connectivity index (χ1v) is 10.5. The predicted octanol–water partition coefficient (Wildman–Crippen LogP) is 3.82. The van der Waals surface area contributed by atoms with Crippen molar-refractivity contribution in [2.45, 2.75) is 18.9 Å². The van der Waals surface area contributed by atoms with Crippen molar-refractivity contribution >= 4 is 23.0 Å². The topological polar surface area (TPSA) is 84.5 Å². The third-order valence-corrected chi connectivity index (χ3v) is 5.91. The molecule has 1 aliphatic heterocycles. The summed E-state index contributed by atoms with van der Waals surface area (Å²) in [6.45, 7) is 3.21. The number of hydrogen-bond acceptors (Lipinski definition) is 5. The molecule has 0 bridgehead atoms. The summed E-state index contributed by atoms with van der Waals surface area (Å²) < 4.78 is 0. The summed E-state index contributed by atoms with van der Waals surface area (Å²) in [5.41, 5.74) is 10.4. The summed E-state index contributed by atoms with van der Waals surface area (Å²) in [5, 5.41) is 7.85. The van der Waals surface area contributed by atoms with Crippen LogP contribution in [0.2, 0.25) is 0 Å². The molecule has 0 aliphatic carbocycles. The van der Waals surface area contributed by atoms with Gasteiger partial charge in [0.1, 0.15) is 0 Å². The van der Waals surface area contributed by atoms with E-state index in [-0.39, 0.29) is 0 Å². The number of amides is 1.